The molecular formula is C7H6HgO6S. The van der Waals surface area contributed by atoms with Crippen LogP contribution < -0.4 is 4.18 Å². The second kappa shape index (κ2) is 5.43. The predicted molar refractivity (Wildman–Crippen MR) is 45.6 cm³/mol. The number of benzene rings is 1. The normalized spacial score (nSPS) is 10.2. The van der Waals surface area contributed by atoms with Gasteiger partial charge >= 0.3 is 16.4 Å². The molecule has 0 aliphatic heterocycles. The van der Waals surface area contributed by atoms with Crippen molar-refractivity contribution in [1.82, 2.24) is 0 Å². The molecule has 0 spiro atoms. The Balaban J connectivity index is 0.00000196. The Bertz CT molecular complexity index is 454. The van der Waals surface area contributed by atoms with Gasteiger partial charge < -0.3 is 9.29 Å². The Hall–Kier alpha value is -0.665. The van der Waals surface area contributed by atoms with Gasteiger partial charge in [-0.25, -0.2) is 4.79 Å². The van der Waals surface area contributed by atoms with Crippen LogP contribution >= 0.6 is 0 Å². The third-order valence-corrected chi connectivity index (χ3v) is 1.70. The van der Waals surface area contributed by atoms with Crippen LogP contribution in [0.5, 0.6) is 5.75 Å². The second-order valence-electron chi connectivity index (χ2n) is 2.31. The largest absolute Gasteiger partial charge is 0.478 e. The van der Waals surface area contributed by atoms with Gasteiger partial charge in [-0.15, -0.1) is 0 Å². The molecule has 1 rings (SSSR count). The van der Waals surface area contributed by atoms with E-state index in [-0.39, 0.29) is 33.2 Å². The molecule has 78 valence electrons. The maximum atomic E-state index is 10.6. The van der Waals surface area contributed by atoms with Crippen molar-refractivity contribution in [3.63, 3.8) is 0 Å². The molecule has 0 unspecified atom stereocenters. The number of para-hydroxylation sites is 1. The number of aromatic carboxylic acids is 1. The minimum absolute atomic E-state index is 0. The number of carboxylic acid groups (broad SMARTS) is 1. The summed E-state index contributed by atoms with van der Waals surface area (Å²) in [4.78, 5) is 10.6. The third-order valence-electron chi connectivity index (χ3n) is 1.31. The van der Waals surface area contributed by atoms with Crippen LogP contribution in [0.2, 0.25) is 0 Å². The molecule has 2 N–H and O–H groups in total. The molecular weight excluding hydrogens is 413 g/mol. The molecule has 0 atom stereocenters. The summed E-state index contributed by atoms with van der Waals surface area (Å²) >= 11 is 0. The van der Waals surface area contributed by atoms with E-state index in [9.17, 15) is 13.2 Å². The van der Waals surface area contributed by atoms with E-state index < -0.39 is 22.1 Å². The van der Waals surface area contributed by atoms with E-state index in [4.69, 9.17) is 9.66 Å². The molecule has 0 bridgehead atoms. The number of carbonyl (C=O) groups is 1. The average Bonchev–Trinajstić information content (AvgIpc) is 2.01. The molecule has 1 aromatic carbocycles. The summed E-state index contributed by atoms with van der Waals surface area (Å²) in [6, 6.07) is 5.06. The van der Waals surface area contributed by atoms with Crippen LogP contribution in [0.15, 0.2) is 24.3 Å². The van der Waals surface area contributed by atoms with E-state index in [2.05, 4.69) is 4.18 Å². The van der Waals surface area contributed by atoms with E-state index in [0.717, 1.165) is 12.1 Å². The maximum Gasteiger partial charge on any atom is 0.446 e. The Morgan fingerprint density at radius 3 is 2.27 bits per heavy atom. The summed E-state index contributed by atoms with van der Waals surface area (Å²) in [5.74, 6) is -1.77. The monoisotopic (exact) mass is 420 g/mol. The zero-order chi connectivity index (χ0) is 10.8. The molecule has 1 aromatic rings. The van der Waals surface area contributed by atoms with Crippen LogP contribution in [0.3, 0.4) is 0 Å². The molecule has 8 heteroatoms. The summed E-state index contributed by atoms with van der Waals surface area (Å²) in [5, 5.41) is 8.61. The molecule has 0 fully saturated rings. The van der Waals surface area contributed by atoms with Gasteiger partial charge in [0, 0.05) is 27.7 Å². The van der Waals surface area contributed by atoms with Crippen molar-refractivity contribution in [3.8, 4) is 5.75 Å². The Morgan fingerprint density at radius 2 is 1.80 bits per heavy atom. The van der Waals surface area contributed by atoms with E-state index in [1.54, 1.807) is 0 Å². The zero-order valence-electron chi connectivity index (χ0n) is 7.45. The van der Waals surface area contributed by atoms with Crippen molar-refractivity contribution in [2.75, 3.05) is 0 Å². The molecule has 0 saturated carbocycles. The van der Waals surface area contributed by atoms with Crippen LogP contribution in [-0.2, 0) is 38.1 Å². The fourth-order valence-corrected chi connectivity index (χ4v) is 1.20. The molecule has 15 heavy (non-hydrogen) atoms. The van der Waals surface area contributed by atoms with Crippen molar-refractivity contribution >= 4 is 16.4 Å². The predicted octanol–water partition coefficient (Wildman–Crippen LogP) is 0.564. The van der Waals surface area contributed by atoms with E-state index in [1.807, 2.05) is 0 Å². The molecule has 0 aliphatic carbocycles. The Labute approximate surface area is 106 Å². The number of carboxylic acids is 1. The number of rotatable bonds is 3. The van der Waals surface area contributed by atoms with Gasteiger partial charge in [-0.1, -0.05) is 12.1 Å². The molecule has 0 radical (unpaired) electrons. The van der Waals surface area contributed by atoms with Gasteiger partial charge in [0.1, 0.15) is 5.56 Å². The third kappa shape index (κ3) is 4.58. The smallest absolute Gasteiger partial charge is 0.446 e. The minimum Gasteiger partial charge on any atom is -0.478 e. The van der Waals surface area contributed by atoms with Gasteiger partial charge in [-0.3, -0.25) is 4.55 Å². The fourth-order valence-electron chi connectivity index (χ4n) is 0.829. The molecule has 6 nitrogen and oxygen atoms in total. The molecule has 0 aromatic heterocycles. The van der Waals surface area contributed by atoms with Crippen LogP contribution in [0, 0.1) is 0 Å². The van der Waals surface area contributed by atoms with E-state index in [1.165, 1.54) is 12.1 Å². The van der Waals surface area contributed by atoms with Gasteiger partial charge in [0.2, 0.25) is 0 Å². The Kier molecular flexibility index (Phi) is 5.19. The summed E-state index contributed by atoms with van der Waals surface area (Å²) < 4.78 is 33.0. The van der Waals surface area contributed by atoms with Crippen LogP contribution in [0.1, 0.15) is 10.4 Å². The number of hydrogen-bond acceptors (Lipinski definition) is 4. The van der Waals surface area contributed by atoms with Gasteiger partial charge in [0.05, 0.1) is 0 Å². The first-order valence-electron chi connectivity index (χ1n) is 3.39. The topological polar surface area (TPSA) is 101 Å². The van der Waals surface area contributed by atoms with Gasteiger partial charge in [0.15, 0.2) is 5.75 Å². The van der Waals surface area contributed by atoms with Crippen molar-refractivity contribution in [2.24, 2.45) is 0 Å². The van der Waals surface area contributed by atoms with Crippen LogP contribution in [0.25, 0.3) is 0 Å². The summed E-state index contributed by atoms with van der Waals surface area (Å²) in [7, 11) is -4.70. The SMILES string of the molecule is O=C(O)c1ccccc1OS(=O)(=O)O.[Hg]. The maximum absolute atomic E-state index is 10.6. The van der Waals surface area contributed by atoms with Gasteiger partial charge in [-0.05, 0) is 12.1 Å². The van der Waals surface area contributed by atoms with Crippen molar-refractivity contribution in [2.45, 2.75) is 0 Å². The number of hydrogen-bond donors (Lipinski definition) is 2. The van der Waals surface area contributed by atoms with Gasteiger partial charge in [0.25, 0.3) is 0 Å². The summed E-state index contributed by atoms with van der Waals surface area (Å²) in [6.07, 6.45) is 0. The van der Waals surface area contributed by atoms with Crippen molar-refractivity contribution in [3.05, 3.63) is 29.8 Å². The van der Waals surface area contributed by atoms with E-state index in [0.29, 0.717) is 0 Å². The van der Waals surface area contributed by atoms with E-state index >= 15 is 0 Å². The first-order chi connectivity index (χ1) is 6.40. The minimum atomic E-state index is -4.70. The first kappa shape index (κ1) is 14.3. The van der Waals surface area contributed by atoms with Gasteiger partial charge in [-0.2, -0.15) is 8.42 Å². The fraction of sp³-hybridized carbons (Fsp3) is 0. The average molecular weight is 419 g/mol. The molecule has 0 amide bonds. The standard InChI is InChI=1S/C7H6O6S.Hg/c8-7(9)5-3-1-2-4-6(5)13-14(10,11)12;/h1-4H,(H,8,9)(H,10,11,12);. The quantitative estimate of drug-likeness (QED) is 0.549. The summed E-state index contributed by atoms with van der Waals surface area (Å²) in [5.41, 5.74) is -0.342. The molecule has 0 aliphatic rings. The Morgan fingerprint density at radius 1 is 1.27 bits per heavy atom. The van der Waals surface area contributed by atoms with Crippen LogP contribution in [-0.4, -0.2) is 24.0 Å². The van der Waals surface area contributed by atoms with Crippen molar-refractivity contribution < 1.29 is 54.7 Å². The van der Waals surface area contributed by atoms with Crippen LogP contribution in [0.4, 0.5) is 0 Å². The molecule has 0 heterocycles. The second-order valence-corrected chi connectivity index (χ2v) is 3.33. The summed E-state index contributed by atoms with van der Waals surface area (Å²) in [6.45, 7) is 0. The van der Waals surface area contributed by atoms with Crippen molar-refractivity contribution in [1.29, 1.82) is 0 Å². The molecule has 0 saturated heterocycles. The zero-order valence-corrected chi connectivity index (χ0v) is 13.8. The first-order valence-corrected chi connectivity index (χ1v) is 4.76.